The standard InChI is InChI=1S/C42H44N2O6/c1-49-32-19-20-34-36(22-32)43-35(29-15-10-6-11-16-29)24-39(34)50-33-23-37-38(45)26-42(41(47)48)25-31(42)18-12-4-2-3-9-17-30(40(46)44(37)27-33)21-28-13-7-5-8-14-28/h5-8,10-16,18-20,22,24,30-31,33,37H,2-4,9,17,21,23,25-27H2,1H3,(H,47,48)/b18-12-/t30-,31-,33-,37+,42-/m1/s1. The molecule has 1 aliphatic carbocycles. The molecule has 3 aliphatic rings. The number of amides is 1. The minimum Gasteiger partial charge on any atom is -0.497 e. The van der Waals surface area contributed by atoms with Gasteiger partial charge in [-0.1, -0.05) is 85.7 Å². The number of carbonyl (C=O) groups excluding carboxylic acids is 2. The fourth-order valence-corrected chi connectivity index (χ4v) is 7.84. The number of allylic oxidation sites excluding steroid dienone is 2. The van der Waals surface area contributed by atoms with Crippen LogP contribution in [0.5, 0.6) is 11.5 Å². The number of benzene rings is 3. The molecule has 0 radical (unpaired) electrons. The van der Waals surface area contributed by atoms with Gasteiger partial charge >= 0.3 is 5.97 Å². The maximum Gasteiger partial charge on any atom is 0.310 e. The van der Waals surface area contributed by atoms with E-state index in [2.05, 4.69) is 6.08 Å². The molecular formula is C42H44N2O6. The molecule has 1 amide bonds. The van der Waals surface area contributed by atoms with Gasteiger partial charge < -0.3 is 19.5 Å². The van der Waals surface area contributed by atoms with Crippen LogP contribution in [0.25, 0.3) is 22.2 Å². The lowest BCUT2D eigenvalue weighted by molar-refractivity contribution is -0.147. The van der Waals surface area contributed by atoms with Crippen molar-refractivity contribution in [1.29, 1.82) is 0 Å². The van der Waals surface area contributed by atoms with Gasteiger partial charge in [-0.05, 0) is 55.7 Å². The molecule has 1 N–H and O–H groups in total. The number of aliphatic carboxylic acids is 1. The quantitative estimate of drug-likeness (QED) is 0.201. The van der Waals surface area contributed by atoms with Gasteiger partial charge in [-0.15, -0.1) is 0 Å². The normalized spacial score (nSPS) is 26.3. The third-order valence-electron chi connectivity index (χ3n) is 10.8. The van der Waals surface area contributed by atoms with E-state index in [0.717, 1.165) is 54.3 Å². The summed E-state index contributed by atoms with van der Waals surface area (Å²) in [5, 5.41) is 11.1. The van der Waals surface area contributed by atoms with Gasteiger partial charge in [0, 0.05) is 41.8 Å². The number of rotatable bonds is 7. The van der Waals surface area contributed by atoms with Gasteiger partial charge in [0.2, 0.25) is 5.91 Å². The number of pyridine rings is 1. The average Bonchev–Trinajstić information content (AvgIpc) is 3.67. The highest BCUT2D eigenvalue weighted by molar-refractivity contribution is 5.95. The minimum absolute atomic E-state index is 0.0580. The zero-order valence-corrected chi connectivity index (χ0v) is 28.5. The highest BCUT2D eigenvalue weighted by Crippen LogP contribution is 2.57. The lowest BCUT2D eigenvalue weighted by Crippen LogP contribution is -2.45. The highest BCUT2D eigenvalue weighted by atomic mass is 16.5. The summed E-state index contributed by atoms with van der Waals surface area (Å²) >= 11 is 0. The van der Waals surface area contributed by atoms with E-state index < -0.39 is 23.5 Å². The Morgan fingerprint density at radius 3 is 2.52 bits per heavy atom. The fraction of sp³-hybridized carbons (Fsp3) is 0.381. The predicted molar refractivity (Wildman–Crippen MR) is 192 cm³/mol. The molecule has 50 heavy (non-hydrogen) atoms. The van der Waals surface area contributed by atoms with Crippen LogP contribution < -0.4 is 9.47 Å². The maximum atomic E-state index is 14.6. The molecule has 258 valence electrons. The van der Waals surface area contributed by atoms with E-state index in [0.29, 0.717) is 36.3 Å². The summed E-state index contributed by atoms with van der Waals surface area (Å²) in [6.07, 6.45) is 9.27. The van der Waals surface area contributed by atoms with Crippen molar-refractivity contribution in [2.45, 2.75) is 69.9 Å². The van der Waals surface area contributed by atoms with Gasteiger partial charge in [0.15, 0.2) is 5.78 Å². The van der Waals surface area contributed by atoms with Gasteiger partial charge in [0.05, 0.1) is 36.3 Å². The Morgan fingerprint density at radius 2 is 1.76 bits per heavy atom. The van der Waals surface area contributed by atoms with E-state index in [-0.39, 0.29) is 36.5 Å². The van der Waals surface area contributed by atoms with Crippen LogP contribution >= 0.6 is 0 Å². The van der Waals surface area contributed by atoms with Crippen LogP contribution in [0, 0.1) is 17.3 Å². The van der Waals surface area contributed by atoms with Crippen LogP contribution in [0.4, 0.5) is 0 Å². The van der Waals surface area contributed by atoms with Gasteiger partial charge in [-0.2, -0.15) is 0 Å². The second kappa shape index (κ2) is 14.5. The Labute approximate surface area is 293 Å². The molecule has 0 unspecified atom stereocenters. The number of hydrogen-bond donors (Lipinski definition) is 1. The molecule has 1 saturated heterocycles. The predicted octanol–water partition coefficient (Wildman–Crippen LogP) is 7.69. The summed E-state index contributed by atoms with van der Waals surface area (Å²) in [7, 11) is 1.62. The molecule has 3 aromatic carbocycles. The van der Waals surface area contributed by atoms with Crippen LogP contribution in [0.1, 0.15) is 56.9 Å². The molecule has 3 heterocycles. The molecule has 0 spiro atoms. The number of nitrogens with zero attached hydrogens (tertiary/aromatic N) is 2. The van der Waals surface area contributed by atoms with Crippen LogP contribution in [0.15, 0.2) is 97.1 Å². The maximum absolute atomic E-state index is 14.6. The Hall–Kier alpha value is -4.98. The molecule has 5 atom stereocenters. The van der Waals surface area contributed by atoms with Gasteiger partial charge in [0.25, 0.3) is 0 Å². The number of carbonyl (C=O) groups is 3. The van der Waals surface area contributed by atoms with Gasteiger partial charge in [0.1, 0.15) is 17.6 Å². The van der Waals surface area contributed by atoms with Crippen molar-refractivity contribution in [1.82, 2.24) is 9.88 Å². The first kappa shape index (κ1) is 33.5. The van der Waals surface area contributed by atoms with Crippen LogP contribution in [0.3, 0.4) is 0 Å². The van der Waals surface area contributed by atoms with Crippen LogP contribution in [-0.4, -0.2) is 58.5 Å². The number of Topliss-reactive ketones (excluding diaryl/α,β-unsaturated/α-hetero) is 1. The Morgan fingerprint density at radius 1 is 0.980 bits per heavy atom. The molecule has 0 bridgehead atoms. The lowest BCUT2D eigenvalue weighted by Gasteiger charge is -2.29. The molecule has 8 heteroatoms. The number of hydrogen-bond acceptors (Lipinski definition) is 6. The van der Waals surface area contributed by atoms with E-state index in [4.69, 9.17) is 14.5 Å². The molecule has 7 rings (SSSR count). The first-order valence-corrected chi connectivity index (χ1v) is 17.8. The number of ether oxygens (including phenoxy) is 2. The zero-order chi connectivity index (χ0) is 34.7. The molecule has 1 aromatic heterocycles. The molecule has 2 fully saturated rings. The van der Waals surface area contributed by atoms with Gasteiger partial charge in [-0.3, -0.25) is 14.4 Å². The van der Waals surface area contributed by atoms with Crippen molar-refractivity contribution < 1.29 is 29.0 Å². The monoisotopic (exact) mass is 672 g/mol. The number of carboxylic acids is 1. The highest BCUT2D eigenvalue weighted by Gasteiger charge is 2.61. The summed E-state index contributed by atoms with van der Waals surface area (Å²) in [5.74, 6) is -0.388. The molecule has 1 saturated carbocycles. The third-order valence-corrected chi connectivity index (χ3v) is 10.8. The number of ketones is 1. The fourth-order valence-electron chi connectivity index (χ4n) is 7.84. The topological polar surface area (TPSA) is 106 Å². The summed E-state index contributed by atoms with van der Waals surface area (Å²) in [5.41, 5.74) is 2.34. The largest absolute Gasteiger partial charge is 0.497 e. The van der Waals surface area contributed by atoms with Crippen LogP contribution in [0.2, 0.25) is 0 Å². The first-order valence-electron chi connectivity index (χ1n) is 17.8. The summed E-state index contributed by atoms with van der Waals surface area (Å²) in [4.78, 5) is 48.1. The SMILES string of the molecule is COc1ccc2c(O[C@@H]3C[C@H]4C(=O)C[C@]5(C(=O)O)C[C@H]5/C=C\CCCCC[C@H](Cc5ccccc5)C(=O)N4C3)cc(-c3ccccc3)nc2c1. The van der Waals surface area contributed by atoms with Gasteiger partial charge in [-0.25, -0.2) is 4.98 Å². The molecule has 8 nitrogen and oxygen atoms in total. The summed E-state index contributed by atoms with van der Waals surface area (Å²) < 4.78 is 12.3. The molecule has 2 aliphatic heterocycles. The van der Waals surface area contributed by atoms with E-state index in [9.17, 15) is 19.5 Å². The summed E-state index contributed by atoms with van der Waals surface area (Å²) in [6, 6.07) is 26.7. The van der Waals surface area contributed by atoms with E-state index >= 15 is 0 Å². The Bertz CT molecular complexity index is 1890. The Balaban J connectivity index is 1.23. The van der Waals surface area contributed by atoms with E-state index in [1.54, 1.807) is 12.0 Å². The van der Waals surface area contributed by atoms with Crippen molar-refractivity contribution >= 4 is 28.6 Å². The van der Waals surface area contributed by atoms with E-state index in [1.807, 2.05) is 91.0 Å². The second-order valence-corrected chi connectivity index (χ2v) is 14.1. The van der Waals surface area contributed by atoms with Crippen molar-refractivity contribution in [3.63, 3.8) is 0 Å². The zero-order valence-electron chi connectivity index (χ0n) is 28.5. The molecular weight excluding hydrogens is 628 g/mol. The van der Waals surface area contributed by atoms with Crippen molar-refractivity contribution in [2.75, 3.05) is 13.7 Å². The lowest BCUT2D eigenvalue weighted by atomic mass is 9.90. The number of methoxy groups -OCH3 is 1. The summed E-state index contributed by atoms with van der Waals surface area (Å²) in [6.45, 7) is 0.241. The number of aromatic nitrogens is 1. The smallest absolute Gasteiger partial charge is 0.310 e. The Kier molecular flexibility index (Phi) is 9.70. The van der Waals surface area contributed by atoms with Crippen LogP contribution in [-0.2, 0) is 20.8 Å². The molecule has 4 aromatic rings. The number of fused-ring (bicyclic) bond motifs is 3. The third kappa shape index (κ3) is 7.02. The van der Waals surface area contributed by atoms with Crippen molar-refractivity contribution in [2.24, 2.45) is 17.3 Å². The van der Waals surface area contributed by atoms with Crippen molar-refractivity contribution in [3.05, 3.63) is 103 Å². The average molecular weight is 673 g/mol. The minimum atomic E-state index is -1.12. The van der Waals surface area contributed by atoms with E-state index in [1.165, 1.54) is 0 Å². The first-order chi connectivity index (χ1) is 24.3. The van der Waals surface area contributed by atoms with Crippen molar-refractivity contribution in [3.8, 4) is 22.8 Å². The number of carboxylic acid groups (broad SMARTS) is 1. The second-order valence-electron chi connectivity index (χ2n) is 14.1.